The standard InChI is InChI=1S/C16H25F3N4.HI/c1-4-23(14-7-5-6-13(2)12-14)11-10-22-15(20-3)21-9-8-16(17,18)19;/h5-7,12H,4,8-11H2,1-3H3,(H2,20,21,22);1H. The van der Waals surface area contributed by atoms with Crippen LogP contribution in [0.5, 0.6) is 0 Å². The van der Waals surface area contributed by atoms with Crippen molar-refractivity contribution in [3.63, 3.8) is 0 Å². The van der Waals surface area contributed by atoms with Gasteiger partial charge in [-0.1, -0.05) is 12.1 Å². The third kappa shape index (κ3) is 9.19. The van der Waals surface area contributed by atoms with Gasteiger partial charge in [-0.25, -0.2) is 0 Å². The van der Waals surface area contributed by atoms with E-state index in [4.69, 9.17) is 0 Å². The molecule has 1 rings (SSSR count). The number of halogens is 4. The summed E-state index contributed by atoms with van der Waals surface area (Å²) in [5.74, 6) is 0.384. The lowest BCUT2D eigenvalue weighted by atomic mass is 10.2. The first-order valence-electron chi connectivity index (χ1n) is 7.68. The lowest BCUT2D eigenvalue weighted by molar-refractivity contribution is -0.132. The molecule has 0 unspecified atom stereocenters. The van der Waals surface area contributed by atoms with E-state index in [0.717, 1.165) is 18.8 Å². The molecule has 1 aromatic rings. The van der Waals surface area contributed by atoms with Crippen molar-refractivity contribution < 1.29 is 13.2 Å². The summed E-state index contributed by atoms with van der Waals surface area (Å²) < 4.78 is 36.4. The highest BCUT2D eigenvalue weighted by molar-refractivity contribution is 14.0. The second-order valence-corrected chi connectivity index (χ2v) is 5.21. The molecule has 4 nitrogen and oxygen atoms in total. The van der Waals surface area contributed by atoms with Crippen LogP contribution in [-0.4, -0.2) is 45.4 Å². The van der Waals surface area contributed by atoms with Gasteiger partial charge in [0, 0.05) is 38.9 Å². The average Bonchev–Trinajstić information content (AvgIpc) is 2.48. The number of nitrogens with one attached hydrogen (secondary N) is 2. The molecule has 0 fully saturated rings. The molecule has 0 aromatic heterocycles. The number of aliphatic imine (C=N–C) groups is 1. The van der Waals surface area contributed by atoms with E-state index in [-0.39, 0.29) is 30.5 Å². The first-order valence-corrected chi connectivity index (χ1v) is 7.68. The molecule has 0 saturated heterocycles. The summed E-state index contributed by atoms with van der Waals surface area (Å²) in [7, 11) is 1.54. The molecule has 8 heteroatoms. The van der Waals surface area contributed by atoms with Gasteiger partial charge in [0.05, 0.1) is 6.42 Å². The minimum absolute atomic E-state index is 0. The van der Waals surface area contributed by atoms with Crippen LogP contribution in [0.1, 0.15) is 18.9 Å². The van der Waals surface area contributed by atoms with Crippen molar-refractivity contribution in [1.29, 1.82) is 0 Å². The fourth-order valence-electron chi connectivity index (χ4n) is 2.15. The zero-order valence-electron chi connectivity index (χ0n) is 14.3. The molecule has 0 aliphatic carbocycles. The second kappa shape index (κ2) is 11.4. The minimum Gasteiger partial charge on any atom is -0.370 e. The molecule has 0 aliphatic heterocycles. The van der Waals surface area contributed by atoms with Gasteiger partial charge in [-0.3, -0.25) is 4.99 Å². The Hall–Kier alpha value is -1.19. The molecule has 0 amide bonds. The van der Waals surface area contributed by atoms with Crippen molar-refractivity contribution >= 4 is 35.6 Å². The summed E-state index contributed by atoms with van der Waals surface area (Å²) in [6.45, 7) is 6.11. The number of benzene rings is 1. The number of anilines is 1. The van der Waals surface area contributed by atoms with Gasteiger partial charge in [-0.2, -0.15) is 13.2 Å². The van der Waals surface area contributed by atoms with Crippen LogP contribution in [0.15, 0.2) is 29.3 Å². The van der Waals surface area contributed by atoms with Crippen molar-refractivity contribution in [2.75, 3.05) is 38.1 Å². The van der Waals surface area contributed by atoms with Crippen LogP contribution in [0.3, 0.4) is 0 Å². The number of hydrogen-bond acceptors (Lipinski definition) is 2. The molecule has 138 valence electrons. The van der Waals surface area contributed by atoms with Crippen LogP contribution < -0.4 is 15.5 Å². The second-order valence-electron chi connectivity index (χ2n) is 5.21. The lowest BCUT2D eigenvalue weighted by Crippen LogP contribution is -2.42. The van der Waals surface area contributed by atoms with Crippen LogP contribution in [0.25, 0.3) is 0 Å². The van der Waals surface area contributed by atoms with Crippen LogP contribution in [0.4, 0.5) is 18.9 Å². The van der Waals surface area contributed by atoms with Crippen LogP contribution >= 0.6 is 24.0 Å². The van der Waals surface area contributed by atoms with Crippen LogP contribution in [0, 0.1) is 6.92 Å². The van der Waals surface area contributed by atoms with Gasteiger partial charge >= 0.3 is 6.18 Å². The maximum absolute atomic E-state index is 12.1. The van der Waals surface area contributed by atoms with Crippen LogP contribution in [0.2, 0.25) is 0 Å². The van der Waals surface area contributed by atoms with Crippen molar-refractivity contribution in [2.45, 2.75) is 26.4 Å². The smallest absolute Gasteiger partial charge is 0.370 e. The number of rotatable bonds is 7. The zero-order chi connectivity index (χ0) is 17.3. The van der Waals surface area contributed by atoms with E-state index >= 15 is 0 Å². The number of alkyl halides is 3. The van der Waals surface area contributed by atoms with Gasteiger partial charge in [-0.15, -0.1) is 24.0 Å². The van der Waals surface area contributed by atoms with E-state index in [2.05, 4.69) is 33.5 Å². The zero-order valence-corrected chi connectivity index (χ0v) is 16.6. The molecule has 0 spiro atoms. The Kier molecular flexibility index (Phi) is 10.8. The minimum atomic E-state index is -4.16. The Labute approximate surface area is 158 Å². The number of aryl methyl sites for hydroxylation is 1. The topological polar surface area (TPSA) is 39.7 Å². The van der Waals surface area contributed by atoms with E-state index in [9.17, 15) is 13.2 Å². The Morgan fingerprint density at radius 1 is 1.21 bits per heavy atom. The quantitative estimate of drug-likeness (QED) is 0.373. The predicted octanol–water partition coefficient (Wildman–Crippen LogP) is 3.56. The molecule has 0 atom stereocenters. The third-order valence-corrected chi connectivity index (χ3v) is 3.35. The van der Waals surface area contributed by atoms with Crippen LogP contribution in [-0.2, 0) is 0 Å². The Morgan fingerprint density at radius 3 is 2.42 bits per heavy atom. The van der Waals surface area contributed by atoms with Crippen molar-refractivity contribution in [3.8, 4) is 0 Å². The van der Waals surface area contributed by atoms with Gasteiger partial charge in [0.2, 0.25) is 0 Å². The molecule has 0 radical (unpaired) electrons. The summed E-state index contributed by atoms with van der Waals surface area (Å²) >= 11 is 0. The van der Waals surface area contributed by atoms with Gasteiger partial charge in [-0.05, 0) is 31.5 Å². The number of guanidine groups is 1. The molecule has 1 aromatic carbocycles. The number of hydrogen-bond donors (Lipinski definition) is 2. The Bertz CT molecular complexity index is 506. The highest BCUT2D eigenvalue weighted by atomic mass is 127. The van der Waals surface area contributed by atoms with Gasteiger partial charge in [0.15, 0.2) is 5.96 Å². The molecule has 0 saturated carbocycles. The fourth-order valence-corrected chi connectivity index (χ4v) is 2.15. The Balaban J connectivity index is 0.00000529. The number of nitrogens with zero attached hydrogens (tertiary/aromatic N) is 2. The normalized spacial score (nSPS) is 11.7. The van der Waals surface area contributed by atoms with Crippen molar-refractivity contribution in [3.05, 3.63) is 29.8 Å². The molecule has 0 aliphatic rings. The molecule has 0 bridgehead atoms. The summed E-state index contributed by atoms with van der Waals surface area (Å²) in [6, 6.07) is 8.22. The third-order valence-electron chi connectivity index (χ3n) is 3.35. The first-order chi connectivity index (χ1) is 10.9. The van der Waals surface area contributed by atoms with Gasteiger partial charge < -0.3 is 15.5 Å². The summed E-state index contributed by atoms with van der Waals surface area (Å²) in [5.41, 5.74) is 2.33. The number of likely N-dealkylation sites (N-methyl/N-ethyl adjacent to an activating group) is 1. The fraction of sp³-hybridized carbons (Fsp3) is 0.562. The van der Waals surface area contributed by atoms with E-state index in [0.29, 0.717) is 12.5 Å². The summed E-state index contributed by atoms with van der Waals surface area (Å²) in [6.07, 6.45) is -5.03. The molecule has 2 N–H and O–H groups in total. The first kappa shape index (κ1) is 22.8. The predicted molar refractivity (Wildman–Crippen MR) is 105 cm³/mol. The molecule has 24 heavy (non-hydrogen) atoms. The maximum Gasteiger partial charge on any atom is 0.390 e. The van der Waals surface area contributed by atoms with Crippen molar-refractivity contribution in [1.82, 2.24) is 10.6 Å². The molecular weight excluding hydrogens is 432 g/mol. The van der Waals surface area contributed by atoms with Gasteiger partial charge in [0.1, 0.15) is 0 Å². The maximum atomic E-state index is 12.1. The lowest BCUT2D eigenvalue weighted by Gasteiger charge is -2.24. The highest BCUT2D eigenvalue weighted by Crippen LogP contribution is 2.18. The Morgan fingerprint density at radius 2 is 1.88 bits per heavy atom. The van der Waals surface area contributed by atoms with E-state index in [1.165, 1.54) is 5.56 Å². The highest BCUT2D eigenvalue weighted by Gasteiger charge is 2.26. The van der Waals surface area contributed by atoms with E-state index in [1.54, 1.807) is 7.05 Å². The van der Waals surface area contributed by atoms with E-state index < -0.39 is 12.6 Å². The average molecular weight is 458 g/mol. The summed E-state index contributed by atoms with van der Waals surface area (Å²) in [5, 5.41) is 5.70. The molecular formula is C16H26F3IN4. The van der Waals surface area contributed by atoms with Gasteiger partial charge in [0.25, 0.3) is 0 Å². The molecule has 0 heterocycles. The largest absolute Gasteiger partial charge is 0.390 e. The SMILES string of the molecule is CCN(CCNC(=NC)NCCC(F)(F)F)c1cccc(C)c1.I. The van der Waals surface area contributed by atoms with Crippen molar-refractivity contribution in [2.24, 2.45) is 4.99 Å². The summed E-state index contributed by atoms with van der Waals surface area (Å²) in [4.78, 5) is 6.12. The monoisotopic (exact) mass is 458 g/mol. The van der Waals surface area contributed by atoms with E-state index in [1.807, 2.05) is 25.1 Å².